The van der Waals surface area contributed by atoms with Crippen LogP contribution in [0.3, 0.4) is 0 Å². The number of rotatable bonds is 2. The van der Waals surface area contributed by atoms with Crippen molar-refractivity contribution in [3.05, 3.63) is 23.3 Å². The van der Waals surface area contributed by atoms with Gasteiger partial charge in [0.05, 0.1) is 4.90 Å². The van der Waals surface area contributed by atoms with E-state index in [9.17, 15) is 8.42 Å². The largest absolute Gasteiger partial charge is 0.371 e. The van der Waals surface area contributed by atoms with Crippen molar-refractivity contribution < 1.29 is 8.42 Å². The van der Waals surface area contributed by atoms with Gasteiger partial charge in [0.2, 0.25) is 0 Å². The molecule has 1 aliphatic rings. The Morgan fingerprint density at radius 3 is 2.18 bits per heavy atom. The van der Waals surface area contributed by atoms with E-state index >= 15 is 0 Å². The predicted molar refractivity (Wildman–Crippen MR) is 70.5 cm³/mol. The fourth-order valence-electron chi connectivity index (χ4n) is 2.52. The lowest BCUT2D eigenvalue weighted by Gasteiger charge is -2.21. The molecule has 1 aromatic rings. The van der Waals surface area contributed by atoms with Gasteiger partial charge < -0.3 is 4.90 Å². The van der Waals surface area contributed by atoms with E-state index in [0.717, 1.165) is 29.9 Å². The quantitative estimate of drug-likeness (QED) is 0.811. The van der Waals surface area contributed by atoms with Gasteiger partial charge in [-0.2, -0.15) is 0 Å². The molecule has 1 fully saturated rings. The highest BCUT2D eigenvalue weighted by molar-refractivity contribution is 7.90. The van der Waals surface area contributed by atoms with Gasteiger partial charge in [-0.25, -0.2) is 8.42 Å². The minimum Gasteiger partial charge on any atom is -0.371 e. The summed E-state index contributed by atoms with van der Waals surface area (Å²) in [5.74, 6) is 0. The van der Waals surface area contributed by atoms with Gasteiger partial charge in [-0.1, -0.05) is 6.07 Å². The second-order valence-corrected chi connectivity index (χ2v) is 6.85. The lowest BCUT2D eigenvalue weighted by molar-refractivity contribution is 0.601. The first-order chi connectivity index (χ1) is 7.89. The average molecular weight is 253 g/mol. The van der Waals surface area contributed by atoms with Gasteiger partial charge >= 0.3 is 0 Å². The molecule has 0 saturated carbocycles. The van der Waals surface area contributed by atoms with Crippen molar-refractivity contribution in [2.24, 2.45) is 0 Å². The van der Waals surface area contributed by atoms with Crippen LogP contribution in [0, 0.1) is 13.8 Å². The van der Waals surface area contributed by atoms with Gasteiger partial charge in [-0.05, 0) is 43.9 Å². The summed E-state index contributed by atoms with van der Waals surface area (Å²) in [7, 11) is -3.13. The summed E-state index contributed by atoms with van der Waals surface area (Å²) < 4.78 is 23.4. The van der Waals surface area contributed by atoms with E-state index in [1.165, 1.54) is 19.1 Å². The predicted octanol–water partition coefficient (Wildman–Crippen LogP) is 2.31. The van der Waals surface area contributed by atoms with E-state index in [1.807, 2.05) is 26.0 Å². The van der Waals surface area contributed by atoms with E-state index in [4.69, 9.17) is 0 Å². The minimum atomic E-state index is -3.13. The van der Waals surface area contributed by atoms with Crippen LogP contribution < -0.4 is 4.90 Å². The Labute approximate surface area is 103 Å². The second-order valence-electron chi connectivity index (χ2n) is 4.87. The molecule has 0 unspecified atom stereocenters. The Balaban J connectivity index is 2.53. The normalized spacial score (nSPS) is 16.5. The average Bonchev–Trinajstić information content (AvgIpc) is 2.68. The van der Waals surface area contributed by atoms with Crippen LogP contribution in [0.5, 0.6) is 0 Å². The lowest BCUT2D eigenvalue weighted by Crippen LogP contribution is -2.19. The number of hydrogen-bond acceptors (Lipinski definition) is 3. The van der Waals surface area contributed by atoms with E-state index in [2.05, 4.69) is 4.90 Å². The van der Waals surface area contributed by atoms with Crippen molar-refractivity contribution >= 4 is 15.5 Å². The molecule has 0 amide bonds. The highest BCUT2D eigenvalue weighted by Gasteiger charge is 2.19. The number of benzene rings is 1. The summed E-state index contributed by atoms with van der Waals surface area (Å²) in [6.07, 6.45) is 3.67. The molecule has 0 N–H and O–H groups in total. The van der Waals surface area contributed by atoms with E-state index in [1.54, 1.807) is 0 Å². The molecule has 0 spiro atoms. The number of hydrogen-bond donors (Lipinski definition) is 0. The summed E-state index contributed by atoms with van der Waals surface area (Å²) in [4.78, 5) is 2.74. The van der Waals surface area contributed by atoms with Crippen molar-refractivity contribution in [2.75, 3.05) is 24.2 Å². The smallest absolute Gasteiger partial charge is 0.175 e. The Bertz CT molecular complexity index is 529. The molecule has 0 radical (unpaired) electrons. The molecule has 94 valence electrons. The summed E-state index contributed by atoms with van der Waals surface area (Å²) in [6, 6.07) is 3.81. The topological polar surface area (TPSA) is 37.4 Å². The molecule has 0 atom stereocenters. The summed E-state index contributed by atoms with van der Waals surface area (Å²) in [5.41, 5.74) is 3.08. The number of aryl methyl sites for hydroxylation is 2. The fourth-order valence-corrected chi connectivity index (χ4v) is 3.49. The molecular formula is C13H19NO2S. The van der Waals surface area contributed by atoms with E-state index in [0.29, 0.717) is 4.90 Å². The maximum Gasteiger partial charge on any atom is 0.175 e. The van der Waals surface area contributed by atoms with Gasteiger partial charge in [0.25, 0.3) is 0 Å². The van der Waals surface area contributed by atoms with Crippen molar-refractivity contribution in [3.63, 3.8) is 0 Å². The molecule has 0 aliphatic carbocycles. The first-order valence-corrected chi connectivity index (χ1v) is 7.85. The maximum atomic E-state index is 11.7. The van der Waals surface area contributed by atoms with Gasteiger partial charge in [-0.3, -0.25) is 0 Å². The Morgan fingerprint density at radius 1 is 1.06 bits per heavy atom. The van der Waals surface area contributed by atoms with Crippen LogP contribution in [0.4, 0.5) is 5.69 Å². The third kappa shape index (κ3) is 2.46. The molecule has 0 bridgehead atoms. The van der Waals surface area contributed by atoms with Crippen molar-refractivity contribution in [1.29, 1.82) is 0 Å². The Hall–Kier alpha value is -1.03. The van der Waals surface area contributed by atoms with Crippen molar-refractivity contribution in [2.45, 2.75) is 31.6 Å². The lowest BCUT2D eigenvalue weighted by atomic mass is 10.1. The van der Waals surface area contributed by atoms with E-state index < -0.39 is 9.84 Å². The molecule has 3 nitrogen and oxygen atoms in total. The summed E-state index contributed by atoms with van der Waals surface area (Å²) in [5, 5.41) is 0. The standard InChI is InChI=1S/C13H19NO2S/c1-10-8-11(2)13(17(3,15)16)9-12(10)14-6-4-5-7-14/h8-9H,4-7H2,1-3H3. The first-order valence-electron chi connectivity index (χ1n) is 5.96. The van der Waals surface area contributed by atoms with Crippen LogP contribution in [0.2, 0.25) is 0 Å². The van der Waals surface area contributed by atoms with Crippen molar-refractivity contribution in [1.82, 2.24) is 0 Å². The highest BCUT2D eigenvalue weighted by atomic mass is 32.2. The zero-order valence-electron chi connectivity index (χ0n) is 10.7. The molecule has 1 saturated heterocycles. The van der Waals surface area contributed by atoms with Gasteiger partial charge in [0.1, 0.15) is 0 Å². The van der Waals surface area contributed by atoms with Crippen LogP contribution >= 0.6 is 0 Å². The van der Waals surface area contributed by atoms with Crippen LogP contribution in [0.15, 0.2) is 17.0 Å². The Morgan fingerprint density at radius 2 is 1.65 bits per heavy atom. The highest BCUT2D eigenvalue weighted by Crippen LogP contribution is 2.29. The Kier molecular flexibility index (Phi) is 3.17. The molecule has 1 aromatic carbocycles. The number of sulfone groups is 1. The molecule has 4 heteroatoms. The van der Waals surface area contributed by atoms with E-state index in [-0.39, 0.29) is 0 Å². The van der Waals surface area contributed by atoms with Crippen LogP contribution in [-0.4, -0.2) is 27.8 Å². The SMILES string of the molecule is Cc1cc(C)c(S(C)(=O)=O)cc1N1CCCC1. The zero-order valence-corrected chi connectivity index (χ0v) is 11.5. The van der Waals surface area contributed by atoms with Crippen molar-refractivity contribution in [3.8, 4) is 0 Å². The molecular weight excluding hydrogens is 234 g/mol. The van der Waals surface area contributed by atoms with Gasteiger partial charge in [0.15, 0.2) is 9.84 Å². The van der Waals surface area contributed by atoms with Gasteiger partial charge in [-0.15, -0.1) is 0 Å². The second kappa shape index (κ2) is 4.33. The molecule has 2 rings (SSSR count). The maximum absolute atomic E-state index is 11.7. The molecule has 0 aromatic heterocycles. The fraction of sp³-hybridized carbons (Fsp3) is 0.538. The van der Waals surface area contributed by atoms with Crippen LogP contribution in [-0.2, 0) is 9.84 Å². The van der Waals surface area contributed by atoms with Crippen LogP contribution in [0.25, 0.3) is 0 Å². The number of nitrogens with zero attached hydrogens (tertiary/aromatic N) is 1. The third-order valence-electron chi connectivity index (χ3n) is 3.34. The summed E-state index contributed by atoms with van der Waals surface area (Å²) >= 11 is 0. The number of anilines is 1. The first kappa shape index (κ1) is 12.4. The summed E-state index contributed by atoms with van der Waals surface area (Å²) in [6.45, 7) is 5.98. The third-order valence-corrected chi connectivity index (χ3v) is 4.58. The zero-order chi connectivity index (χ0) is 12.6. The molecule has 1 heterocycles. The molecule has 17 heavy (non-hydrogen) atoms. The van der Waals surface area contributed by atoms with Gasteiger partial charge in [0, 0.05) is 25.0 Å². The minimum absolute atomic E-state index is 0.463. The van der Waals surface area contributed by atoms with Crippen LogP contribution in [0.1, 0.15) is 24.0 Å². The molecule has 1 aliphatic heterocycles. The monoisotopic (exact) mass is 253 g/mol.